The molecule has 0 spiro atoms. The predicted molar refractivity (Wildman–Crippen MR) is 94.4 cm³/mol. The number of amides is 2. The highest BCUT2D eigenvalue weighted by atomic mass is 79.9. The summed E-state index contributed by atoms with van der Waals surface area (Å²) in [4.78, 5) is 26.5. The van der Waals surface area contributed by atoms with E-state index in [1.165, 1.54) is 0 Å². The van der Waals surface area contributed by atoms with E-state index in [1.807, 2.05) is 41.3 Å². The van der Waals surface area contributed by atoms with Gasteiger partial charge in [0.05, 0.1) is 0 Å². The maximum absolute atomic E-state index is 12.3. The number of hydrogen-bond acceptors (Lipinski definition) is 3. The van der Waals surface area contributed by atoms with Gasteiger partial charge >= 0.3 is 0 Å². The Labute approximate surface area is 149 Å². The molecule has 0 unspecified atom stereocenters. The molecule has 1 saturated heterocycles. The fourth-order valence-electron chi connectivity index (χ4n) is 2.78. The van der Waals surface area contributed by atoms with E-state index in [4.69, 9.17) is 4.42 Å². The van der Waals surface area contributed by atoms with Gasteiger partial charge in [-0.25, -0.2) is 0 Å². The molecule has 24 heavy (non-hydrogen) atoms. The van der Waals surface area contributed by atoms with Gasteiger partial charge in [0, 0.05) is 49.1 Å². The van der Waals surface area contributed by atoms with Crippen LogP contribution in [0.5, 0.6) is 0 Å². The van der Waals surface area contributed by atoms with E-state index in [9.17, 15) is 9.59 Å². The lowest BCUT2D eigenvalue weighted by atomic mass is 10.2. The summed E-state index contributed by atoms with van der Waals surface area (Å²) in [6.45, 7) is 2.44. The fourth-order valence-corrected chi connectivity index (χ4v) is 3.26. The van der Waals surface area contributed by atoms with Crippen LogP contribution in [-0.4, -0.2) is 48.3 Å². The van der Waals surface area contributed by atoms with Gasteiger partial charge in [0.15, 0.2) is 0 Å². The zero-order valence-electron chi connectivity index (χ0n) is 13.3. The Balaban J connectivity index is 1.55. The van der Waals surface area contributed by atoms with Crippen LogP contribution >= 0.6 is 15.9 Å². The summed E-state index contributed by atoms with van der Waals surface area (Å²) in [5.74, 6) is 1.71. The van der Waals surface area contributed by atoms with Gasteiger partial charge in [-0.2, -0.15) is 0 Å². The van der Waals surface area contributed by atoms with Gasteiger partial charge in [0.2, 0.25) is 12.3 Å². The van der Waals surface area contributed by atoms with E-state index >= 15 is 0 Å². The van der Waals surface area contributed by atoms with Gasteiger partial charge in [-0.1, -0.05) is 34.1 Å². The second-order valence-corrected chi connectivity index (χ2v) is 6.62. The lowest BCUT2D eigenvalue weighted by Gasteiger charge is -2.32. The highest BCUT2D eigenvalue weighted by Crippen LogP contribution is 2.29. The maximum Gasteiger partial charge on any atom is 0.223 e. The molecule has 5 nitrogen and oxygen atoms in total. The fraction of sp³-hybridized carbons (Fsp3) is 0.333. The van der Waals surface area contributed by atoms with Crippen LogP contribution in [0.25, 0.3) is 11.3 Å². The number of nitrogens with zero attached hydrogens (tertiary/aromatic N) is 2. The molecular formula is C18H19BrN2O3. The minimum atomic E-state index is 0.111. The second-order valence-electron chi connectivity index (χ2n) is 5.77. The first-order valence-electron chi connectivity index (χ1n) is 7.98. The molecule has 2 amide bonds. The predicted octanol–water partition coefficient (Wildman–Crippen LogP) is 2.94. The third kappa shape index (κ3) is 3.87. The van der Waals surface area contributed by atoms with E-state index in [0.29, 0.717) is 39.0 Å². The number of carbonyl (C=O) groups is 2. The normalized spacial score (nSPS) is 14.7. The Morgan fingerprint density at radius 1 is 1.12 bits per heavy atom. The average molecular weight is 391 g/mol. The molecule has 2 aromatic rings. The van der Waals surface area contributed by atoms with Gasteiger partial charge in [0.25, 0.3) is 0 Å². The van der Waals surface area contributed by atoms with E-state index in [2.05, 4.69) is 15.9 Å². The van der Waals surface area contributed by atoms with E-state index in [1.54, 1.807) is 4.90 Å². The number of halogens is 1. The molecule has 0 atom stereocenters. The highest BCUT2D eigenvalue weighted by Gasteiger charge is 2.20. The number of hydrogen-bond donors (Lipinski definition) is 0. The number of aryl methyl sites for hydroxylation is 1. The van der Waals surface area contributed by atoms with Crippen LogP contribution in [0.2, 0.25) is 0 Å². The Kier molecular flexibility index (Phi) is 5.35. The van der Waals surface area contributed by atoms with E-state index < -0.39 is 0 Å². The third-order valence-electron chi connectivity index (χ3n) is 4.20. The minimum absolute atomic E-state index is 0.111. The van der Waals surface area contributed by atoms with Crippen LogP contribution in [0.4, 0.5) is 0 Å². The Bertz CT molecular complexity index is 721. The van der Waals surface area contributed by atoms with Crippen molar-refractivity contribution in [2.75, 3.05) is 26.2 Å². The summed E-state index contributed by atoms with van der Waals surface area (Å²) in [5, 5.41) is 0. The smallest absolute Gasteiger partial charge is 0.223 e. The van der Waals surface area contributed by atoms with Crippen molar-refractivity contribution < 1.29 is 14.0 Å². The van der Waals surface area contributed by atoms with Crippen LogP contribution in [-0.2, 0) is 16.0 Å². The zero-order chi connectivity index (χ0) is 16.9. The van der Waals surface area contributed by atoms with Crippen molar-refractivity contribution in [2.45, 2.75) is 12.8 Å². The topological polar surface area (TPSA) is 53.8 Å². The maximum atomic E-state index is 12.3. The largest absolute Gasteiger partial charge is 0.461 e. The summed E-state index contributed by atoms with van der Waals surface area (Å²) in [6, 6.07) is 11.7. The molecule has 0 N–H and O–H groups in total. The summed E-state index contributed by atoms with van der Waals surface area (Å²) in [6.07, 6.45) is 1.84. The van der Waals surface area contributed by atoms with Gasteiger partial charge < -0.3 is 14.2 Å². The average Bonchev–Trinajstić information content (AvgIpc) is 3.09. The standard InChI is InChI=1S/C18H19BrN2O3/c19-16-4-2-1-3-15(16)17-7-5-14(24-17)6-8-18(23)21-11-9-20(13-22)10-12-21/h1-5,7,13H,6,8-12H2. The molecule has 0 aliphatic carbocycles. The van der Waals surface area contributed by atoms with Gasteiger partial charge in [0.1, 0.15) is 11.5 Å². The van der Waals surface area contributed by atoms with Gasteiger partial charge in [-0.05, 0) is 18.2 Å². The number of furan rings is 1. The van der Waals surface area contributed by atoms with Crippen molar-refractivity contribution in [3.8, 4) is 11.3 Å². The van der Waals surface area contributed by atoms with Crippen molar-refractivity contribution in [2.24, 2.45) is 0 Å². The van der Waals surface area contributed by atoms with Crippen LogP contribution in [0, 0.1) is 0 Å². The molecule has 0 saturated carbocycles. The molecule has 1 aliphatic heterocycles. The molecule has 1 aliphatic rings. The third-order valence-corrected chi connectivity index (χ3v) is 4.89. The second kappa shape index (κ2) is 7.66. The molecule has 6 heteroatoms. The SMILES string of the molecule is O=CN1CCN(C(=O)CCc2ccc(-c3ccccc3Br)o2)CC1. The summed E-state index contributed by atoms with van der Waals surface area (Å²) < 4.78 is 6.85. The molecule has 2 heterocycles. The monoisotopic (exact) mass is 390 g/mol. The first-order valence-corrected chi connectivity index (χ1v) is 8.77. The van der Waals surface area contributed by atoms with Crippen molar-refractivity contribution in [3.63, 3.8) is 0 Å². The molecule has 126 valence electrons. The molecule has 0 bridgehead atoms. The van der Waals surface area contributed by atoms with Crippen LogP contribution in [0.15, 0.2) is 45.3 Å². The van der Waals surface area contributed by atoms with Crippen molar-refractivity contribution in [3.05, 3.63) is 46.6 Å². The van der Waals surface area contributed by atoms with Crippen LogP contribution in [0.3, 0.4) is 0 Å². The van der Waals surface area contributed by atoms with Crippen molar-refractivity contribution in [1.29, 1.82) is 0 Å². The molecule has 1 aromatic heterocycles. The van der Waals surface area contributed by atoms with Gasteiger partial charge in [-0.15, -0.1) is 0 Å². The molecule has 0 radical (unpaired) electrons. The van der Waals surface area contributed by atoms with E-state index in [0.717, 1.165) is 28.0 Å². The number of benzene rings is 1. The lowest BCUT2D eigenvalue weighted by molar-refractivity contribution is -0.135. The molecule has 1 aromatic carbocycles. The van der Waals surface area contributed by atoms with Crippen LogP contribution < -0.4 is 0 Å². The zero-order valence-corrected chi connectivity index (χ0v) is 14.9. The minimum Gasteiger partial charge on any atom is -0.461 e. The number of carbonyl (C=O) groups excluding carboxylic acids is 2. The summed E-state index contributed by atoms with van der Waals surface area (Å²) >= 11 is 3.52. The van der Waals surface area contributed by atoms with Gasteiger partial charge in [-0.3, -0.25) is 9.59 Å². The molecule has 3 rings (SSSR count). The Morgan fingerprint density at radius 3 is 2.58 bits per heavy atom. The van der Waals surface area contributed by atoms with Crippen molar-refractivity contribution in [1.82, 2.24) is 9.80 Å². The quantitative estimate of drug-likeness (QED) is 0.737. The Morgan fingerprint density at radius 2 is 1.88 bits per heavy atom. The van der Waals surface area contributed by atoms with E-state index in [-0.39, 0.29) is 5.91 Å². The summed E-state index contributed by atoms with van der Waals surface area (Å²) in [5.41, 5.74) is 1.00. The highest BCUT2D eigenvalue weighted by molar-refractivity contribution is 9.10. The number of piperazine rings is 1. The first-order chi connectivity index (χ1) is 11.7. The van der Waals surface area contributed by atoms with Crippen LogP contribution in [0.1, 0.15) is 12.2 Å². The Hall–Kier alpha value is -2.08. The van der Waals surface area contributed by atoms with Crippen molar-refractivity contribution >= 4 is 28.2 Å². The lowest BCUT2D eigenvalue weighted by Crippen LogP contribution is -2.48. The first kappa shape index (κ1) is 16.8. The summed E-state index contributed by atoms with van der Waals surface area (Å²) in [7, 11) is 0. The number of rotatable bonds is 5. The molecular weight excluding hydrogens is 372 g/mol. The molecule has 1 fully saturated rings.